The van der Waals surface area contributed by atoms with Crippen LogP contribution in [0.3, 0.4) is 0 Å². The first kappa shape index (κ1) is 95.6. The van der Waals surface area contributed by atoms with Crippen LogP contribution >= 0.6 is 34.8 Å². The third-order valence-electron chi connectivity index (χ3n) is 19.3. The second kappa shape index (κ2) is 38.5. The zero-order valence-corrected chi connectivity index (χ0v) is 75.0. The fraction of sp³-hybridized carbons (Fsp3) is 0.595. The Morgan fingerprint density at radius 2 is 0.858 bits per heavy atom. The van der Waals surface area contributed by atoms with Gasteiger partial charge in [-0.3, -0.25) is 9.97 Å². The highest BCUT2D eigenvalue weighted by Gasteiger charge is 2.48. The fourth-order valence-corrected chi connectivity index (χ4v) is 14.7. The Balaban J connectivity index is 0.000000231. The van der Waals surface area contributed by atoms with E-state index in [-0.39, 0.29) is 86.2 Å². The summed E-state index contributed by atoms with van der Waals surface area (Å²) >= 11 is 19.8. The molecule has 0 aromatic carbocycles. The number of hydrogen-bond donors (Lipinski definition) is 7. The van der Waals surface area contributed by atoms with Gasteiger partial charge < -0.3 is 83.7 Å². The first-order chi connectivity index (χ1) is 55.7. The number of nitrogens with one attached hydrogen (secondary N) is 3. The number of furan rings is 2. The summed E-state index contributed by atoms with van der Waals surface area (Å²) in [7, 11) is 0. The van der Waals surface area contributed by atoms with Crippen LogP contribution in [0.1, 0.15) is 215 Å². The summed E-state index contributed by atoms with van der Waals surface area (Å²) in [5.41, 5.74) is 4.03. The molecule has 0 bridgehead atoms. The first-order valence-electron chi connectivity index (χ1n) is 40.0. The second-order valence-corrected chi connectivity index (χ2v) is 36.8. The van der Waals surface area contributed by atoms with Crippen LogP contribution in [-0.4, -0.2) is 175 Å². The number of nitrogen functional groups attached to an aromatic ring is 1. The average molecular weight is 1730 g/mol. The summed E-state index contributed by atoms with van der Waals surface area (Å²) in [6.07, 6.45) is 4.57. The molecule has 0 saturated heterocycles. The minimum atomic E-state index is -1.08. The molecule has 3 aliphatic carbocycles. The van der Waals surface area contributed by atoms with Crippen LogP contribution in [0, 0.1) is 41.9 Å². The van der Waals surface area contributed by atoms with Crippen LogP contribution in [0.25, 0.3) is 44.6 Å². The van der Waals surface area contributed by atoms with E-state index in [1.807, 2.05) is 45.9 Å². The number of fused-ring (bicyclic) bond motifs is 2. The molecule has 10 rings (SSSR count). The number of terminal acetylenes is 1. The topological polar surface area (TPSA) is 435 Å². The highest BCUT2D eigenvalue weighted by molar-refractivity contribution is 6.33. The number of aliphatic hydroxyl groups is 3. The molecule has 3 fully saturated rings. The van der Waals surface area contributed by atoms with Crippen LogP contribution in [0.4, 0.5) is 64.1 Å². The van der Waals surface area contributed by atoms with E-state index in [9.17, 15) is 44.1 Å². The standard InChI is InChI=1S/C36H50ClN5O8.C29H43ClN4O7.C19H22ClN5O4/c1-13-20-17-23(26(19(20)3)47-33(45)50-36(10,11)12)39-29-25(24-18-21-15-16-38-22(14-2)27(21)46-24)28(37)40-30(41-29)42(31(43)48-34(4,5)6)32(44)49-35(7,8)9;1-13-17-15-19(20(16(17)3)38-26(37)41-29(10,11)12)31-22-18(14-2)21(30)32-23(33-22)34(24(35)39-27(4,5)6)25(36)40-28(7,8)9;1-2-10-16-8(3-4-22-10)6-12(29-16)13-17(20)24-19(21)25-18(13)23-11-5-9(7-26)14(27)15(11)28/h15-16,18-20,23,26H,13-14,17H2,1-12H3,(H,39,40,41);2,16-17,19-20H,13,15H2,1,3-12H3,(H,31,32,33);3-4,6,9,11,14-15,26-28H,2,5,7H2,1H3,(H3,21,23,24,25)/t19-,20+,23-,26-;16-,17+,19-,20-;9-,11-,14-,15+/m111/s1. The van der Waals surface area contributed by atoms with Crippen molar-refractivity contribution in [2.75, 3.05) is 38.1 Å². The van der Waals surface area contributed by atoms with Gasteiger partial charge in [-0.2, -0.15) is 24.9 Å². The zero-order valence-electron chi connectivity index (χ0n) is 72.7. The molecule has 0 radical (unpaired) electrons. The van der Waals surface area contributed by atoms with E-state index >= 15 is 0 Å². The number of halogens is 3. The number of nitrogens with two attached hydrogens (primary N) is 1. The number of rotatable bonds is 17. The minimum Gasteiger partial charge on any atom is -0.454 e. The van der Waals surface area contributed by atoms with Gasteiger partial charge in [-0.05, 0) is 205 Å². The number of pyridine rings is 2. The lowest BCUT2D eigenvalue weighted by atomic mass is 9.95. The van der Waals surface area contributed by atoms with Gasteiger partial charge in [0.15, 0.2) is 16.3 Å². The number of nitrogens with zero attached hydrogens (tertiary/aromatic N) is 10. The normalized spacial score (nSPS) is 21.2. The maximum absolute atomic E-state index is 13.6. The molecule has 4 amide bonds. The number of aryl methyl sites for hydroxylation is 2. The number of anilines is 6. The highest BCUT2D eigenvalue weighted by atomic mass is 35.5. The molecule has 656 valence electrons. The van der Waals surface area contributed by atoms with Gasteiger partial charge in [0.2, 0.25) is 17.8 Å². The molecule has 0 unspecified atom stereocenters. The van der Waals surface area contributed by atoms with Gasteiger partial charge in [0, 0.05) is 35.7 Å². The molecule has 0 spiro atoms. The molecular weight excluding hydrogens is 1620 g/mol. The second-order valence-electron chi connectivity index (χ2n) is 35.7. The average Bonchev–Trinajstić information content (AvgIpc) is 1.56. The van der Waals surface area contributed by atoms with Gasteiger partial charge in [0.25, 0.3) is 0 Å². The third-order valence-corrected chi connectivity index (χ3v) is 20.2. The summed E-state index contributed by atoms with van der Waals surface area (Å²) in [4.78, 5) is 115. The largest absolute Gasteiger partial charge is 0.509 e. The van der Waals surface area contributed by atoms with E-state index in [1.54, 1.807) is 143 Å². The Labute approximate surface area is 714 Å². The number of amides is 4. The maximum atomic E-state index is 13.6. The van der Waals surface area contributed by atoms with Crippen molar-refractivity contribution in [1.29, 1.82) is 0 Å². The Morgan fingerprint density at radius 3 is 1.22 bits per heavy atom. The molecular formula is C84H115Cl3N14O19. The molecule has 7 aromatic rings. The first-order valence-corrected chi connectivity index (χ1v) is 41.1. The van der Waals surface area contributed by atoms with Gasteiger partial charge in [0.05, 0.1) is 46.7 Å². The van der Waals surface area contributed by atoms with Gasteiger partial charge in [-0.1, -0.05) is 95.1 Å². The van der Waals surface area contributed by atoms with E-state index in [4.69, 9.17) is 98.7 Å². The number of ether oxygens (including phenoxy) is 8. The summed E-state index contributed by atoms with van der Waals surface area (Å²) in [5, 5.41) is 41.0. The fourth-order valence-electron chi connectivity index (χ4n) is 14.0. The molecule has 36 heteroatoms. The van der Waals surface area contributed by atoms with Crippen LogP contribution in [0.2, 0.25) is 15.5 Å². The van der Waals surface area contributed by atoms with E-state index in [1.165, 1.54) is 0 Å². The highest BCUT2D eigenvalue weighted by Crippen LogP contribution is 2.46. The lowest BCUT2D eigenvalue weighted by Crippen LogP contribution is -2.45. The van der Waals surface area contributed by atoms with Crippen molar-refractivity contribution >= 4 is 129 Å². The summed E-state index contributed by atoms with van der Waals surface area (Å²) in [5.74, 6) is 2.77. The van der Waals surface area contributed by atoms with Crippen molar-refractivity contribution in [3.63, 3.8) is 0 Å². The summed E-state index contributed by atoms with van der Waals surface area (Å²) in [6.45, 7) is 42.3. The molecule has 120 heavy (non-hydrogen) atoms. The van der Waals surface area contributed by atoms with Crippen molar-refractivity contribution in [2.45, 2.75) is 287 Å². The van der Waals surface area contributed by atoms with Crippen molar-refractivity contribution in [1.82, 2.24) is 39.9 Å². The molecule has 3 saturated carbocycles. The molecule has 0 aliphatic heterocycles. The number of carbonyl (C=O) groups excluding carboxylic acids is 6. The van der Waals surface area contributed by atoms with E-state index in [0.717, 1.165) is 35.0 Å². The SMILES string of the molecule is C#Cc1c(Cl)nc(N(C(=O)OC(C)(C)C)C(=O)OC(C)(C)C)nc1N[C@@H]1C[C@H](CC)[C@@H](C)[C@H]1OC(=O)OC(C)(C)C.CCc1nccc2cc(-c3c(Cl)nc(N(C(=O)OC(C)(C)C)C(=O)OC(C)(C)C)nc3N[C@@H]3C[C@H](CC)[C@@H](C)[C@H]3OC(=O)OC(C)(C)C)oc12.CCc1nccc2cc(-c3c(Cl)nc(N)nc3N[C@@H]3C[C@H](CO)[C@@H](O)[C@H]3O)oc12. The molecule has 12 atom stereocenters. The van der Waals surface area contributed by atoms with Gasteiger partial charge >= 0.3 is 36.7 Å². The molecule has 7 heterocycles. The predicted octanol–water partition coefficient (Wildman–Crippen LogP) is 17.9. The van der Waals surface area contributed by atoms with Crippen molar-refractivity contribution in [3.05, 3.63) is 69.1 Å². The van der Waals surface area contributed by atoms with Gasteiger partial charge in [0.1, 0.15) is 96.8 Å². The minimum absolute atomic E-state index is 0.0175. The predicted molar refractivity (Wildman–Crippen MR) is 455 cm³/mol. The lowest BCUT2D eigenvalue weighted by Gasteiger charge is -2.29. The smallest absolute Gasteiger partial charge is 0.454 e. The van der Waals surface area contributed by atoms with Gasteiger partial charge in [-0.25, -0.2) is 33.8 Å². The Hall–Kier alpha value is -9.85. The number of aliphatic hydroxyl groups excluding tert-OH is 3. The van der Waals surface area contributed by atoms with Crippen LogP contribution < -0.4 is 31.5 Å². The Morgan fingerprint density at radius 1 is 0.508 bits per heavy atom. The van der Waals surface area contributed by atoms with E-state index < -0.39 is 125 Å². The Bertz CT molecular complexity index is 4820. The lowest BCUT2D eigenvalue weighted by molar-refractivity contribution is -0.0377. The monoisotopic (exact) mass is 1730 g/mol. The number of carbonyl (C=O) groups is 6. The molecule has 8 N–H and O–H groups in total. The third kappa shape index (κ3) is 24.7. The molecule has 3 aliphatic rings. The van der Waals surface area contributed by atoms with Crippen molar-refractivity contribution < 1.29 is 90.8 Å². The van der Waals surface area contributed by atoms with Crippen LogP contribution in [0.15, 0.2) is 45.5 Å². The van der Waals surface area contributed by atoms with Crippen molar-refractivity contribution in [2.24, 2.45) is 29.6 Å². The van der Waals surface area contributed by atoms with Crippen molar-refractivity contribution in [3.8, 4) is 35.0 Å². The molecule has 7 aromatic heterocycles. The summed E-state index contributed by atoms with van der Waals surface area (Å²) in [6, 6.07) is 5.80. The van der Waals surface area contributed by atoms with Crippen LogP contribution in [0.5, 0.6) is 0 Å². The zero-order chi connectivity index (χ0) is 89.5. The van der Waals surface area contributed by atoms with Crippen LogP contribution in [-0.2, 0) is 50.7 Å². The Kier molecular flexibility index (Phi) is 30.7. The van der Waals surface area contributed by atoms with E-state index in [2.05, 4.69) is 70.6 Å². The quantitative estimate of drug-likeness (QED) is 0.0193. The molecule has 33 nitrogen and oxygen atoms in total. The number of aromatic nitrogens is 8. The number of imide groups is 2. The maximum Gasteiger partial charge on any atom is 0.509 e. The number of hydrogen-bond acceptors (Lipinski definition) is 31. The van der Waals surface area contributed by atoms with E-state index in [0.29, 0.717) is 70.2 Å². The summed E-state index contributed by atoms with van der Waals surface area (Å²) < 4.78 is 57.0. The van der Waals surface area contributed by atoms with Gasteiger partial charge in [-0.15, -0.1) is 16.2 Å².